The van der Waals surface area contributed by atoms with Gasteiger partial charge in [-0.2, -0.15) is 0 Å². The molecule has 6 heteroatoms. The topological polar surface area (TPSA) is 0 Å². The maximum atomic E-state index is 3.56. The largest absolute Gasteiger partial charge is 0.135 e. The number of halogens is 4. The first kappa shape index (κ1) is 11.8. The van der Waals surface area contributed by atoms with Crippen molar-refractivity contribution in [2.24, 2.45) is 0 Å². The van der Waals surface area contributed by atoms with E-state index in [1.54, 1.807) is 22.7 Å². The maximum absolute atomic E-state index is 3.56. The van der Waals surface area contributed by atoms with Crippen LogP contribution in [-0.4, -0.2) is 0 Å². The molecule has 74 valence electrons. The molecule has 0 spiro atoms. The van der Waals surface area contributed by atoms with Gasteiger partial charge in [0.15, 0.2) is 0 Å². The molecule has 2 rings (SSSR count). The van der Waals surface area contributed by atoms with Gasteiger partial charge in [0.05, 0.1) is 7.57 Å². The minimum atomic E-state index is 1.12. The Hall–Kier alpha value is 1.32. The predicted molar refractivity (Wildman–Crippen MR) is 78.4 cm³/mol. The van der Waals surface area contributed by atoms with Crippen molar-refractivity contribution in [1.82, 2.24) is 0 Å². The van der Waals surface area contributed by atoms with Crippen molar-refractivity contribution in [3.8, 4) is 11.1 Å². The Morgan fingerprint density at radius 2 is 1.07 bits per heavy atom. The fourth-order valence-corrected chi connectivity index (χ4v) is 5.91. The molecule has 0 aliphatic heterocycles. The Morgan fingerprint density at radius 3 is 1.29 bits per heavy atom. The molecule has 0 aromatic carbocycles. The first-order chi connectivity index (χ1) is 6.61. The van der Waals surface area contributed by atoms with Gasteiger partial charge in [-0.05, 0) is 63.7 Å². The smallest absolute Gasteiger partial charge is 0.0789 e. The Balaban J connectivity index is 2.71. The molecule has 0 saturated heterocycles. The van der Waals surface area contributed by atoms with E-state index in [1.165, 1.54) is 11.1 Å². The summed E-state index contributed by atoms with van der Waals surface area (Å²) in [5.74, 6) is 0. The Labute approximate surface area is 123 Å². The van der Waals surface area contributed by atoms with Gasteiger partial charge in [-0.25, -0.2) is 0 Å². The van der Waals surface area contributed by atoms with Crippen molar-refractivity contribution < 1.29 is 0 Å². The van der Waals surface area contributed by atoms with E-state index in [1.807, 2.05) is 0 Å². The average Bonchev–Trinajstić information content (AvgIpc) is 2.60. The van der Waals surface area contributed by atoms with Gasteiger partial charge in [0, 0.05) is 30.8 Å². The summed E-state index contributed by atoms with van der Waals surface area (Å²) in [7, 11) is 0. The van der Waals surface area contributed by atoms with Crippen LogP contribution in [0.25, 0.3) is 11.1 Å². The van der Waals surface area contributed by atoms with E-state index < -0.39 is 0 Å². The monoisotopic (exact) mass is 478 g/mol. The fourth-order valence-electron chi connectivity index (χ4n) is 1.07. The van der Waals surface area contributed by atoms with Crippen LogP contribution in [0.2, 0.25) is 0 Å². The zero-order chi connectivity index (χ0) is 10.3. The lowest BCUT2D eigenvalue weighted by Crippen LogP contribution is -1.74. The van der Waals surface area contributed by atoms with Gasteiger partial charge in [-0.3, -0.25) is 0 Å². The molecule has 14 heavy (non-hydrogen) atoms. The molecular formula is C8H2Br4S2. The van der Waals surface area contributed by atoms with Crippen molar-refractivity contribution in [2.45, 2.75) is 0 Å². The van der Waals surface area contributed by atoms with Gasteiger partial charge >= 0.3 is 0 Å². The van der Waals surface area contributed by atoms with Crippen molar-refractivity contribution in [3.05, 3.63) is 27.3 Å². The summed E-state index contributed by atoms with van der Waals surface area (Å²) in [5.41, 5.74) is 2.41. The van der Waals surface area contributed by atoms with Gasteiger partial charge in [-0.1, -0.05) is 0 Å². The highest BCUT2D eigenvalue weighted by Crippen LogP contribution is 2.48. The Bertz CT molecular complexity index is 388. The maximum Gasteiger partial charge on any atom is 0.0789 e. The highest BCUT2D eigenvalue weighted by Gasteiger charge is 2.17. The number of hydrogen-bond acceptors (Lipinski definition) is 2. The van der Waals surface area contributed by atoms with Crippen molar-refractivity contribution in [2.75, 3.05) is 0 Å². The molecule has 0 amide bonds. The predicted octanol–water partition coefficient (Wildman–Crippen LogP) is 6.53. The van der Waals surface area contributed by atoms with Crippen LogP contribution in [0.1, 0.15) is 0 Å². The van der Waals surface area contributed by atoms with E-state index in [9.17, 15) is 0 Å². The SMILES string of the molecule is Brc1csc(Br)c1-c1c(Br)csc1Br. The summed E-state index contributed by atoms with van der Waals surface area (Å²) in [4.78, 5) is 0. The zero-order valence-corrected chi connectivity index (χ0v) is 14.5. The van der Waals surface area contributed by atoms with Crippen LogP contribution in [0.15, 0.2) is 27.3 Å². The molecule has 0 atom stereocenters. The molecule has 0 saturated carbocycles. The summed E-state index contributed by atoms with van der Waals surface area (Å²) in [6.45, 7) is 0. The van der Waals surface area contributed by atoms with Crippen LogP contribution in [-0.2, 0) is 0 Å². The van der Waals surface area contributed by atoms with E-state index in [2.05, 4.69) is 74.5 Å². The molecule has 0 nitrogen and oxygen atoms in total. The normalized spacial score (nSPS) is 10.9. The third kappa shape index (κ3) is 2.06. The molecule has 0 aliphatic rings. The minimum Gasteiger partial charge on any atom is -0.135 e. The molecule has 0 fully saturated rings. The molecular weight excluding hydrogens is 480 g/mol. The number of hydrogen-bond donors (Lipinski definition) is 0. The molecule has 0 bridgehead atoms. The first-order valence-corrected chi connectivity index (χ1v) is 8.39. The highest BCUT2D eigenvalue weighted by atomic mass is 79.9. The third-order valence-corrected chi connectivity index (χ3v) is 6.95. The second-order valence-electron chi connectivity index (χ2n) is 2.46. The number of rotatable bonds is 1. The lowest BCUT2D eigenvalue weighted by atomic mass is 10.2. The highest BCUT2D eigenvalue weighted by molar-refractivity contribution is 9.12. The molecule has 2 aromatic rings. The standard InChI is InChI=1S/C8H2Br4S2/c9-3-1-13-7(11)5(3)6-4(10)2-14-8(6)12/h1-2H. The van der Waals surface area contributed by atoms with Crippen LogP contribution >= 0.6 is 86.4 Å². The summed E-state index contributed by atoms with van der Waals surface area (Å²) >= 11 is 17.6. The van der Waals surface area contributed by atoms with Crippen molar-refractivity contribution in [3.63, 3.8) is 0 Å². The van der Waals surface area contributed by atoms with Crippen LogP contribution in [0.4, 0.5) is 0 Å². The lowest BCUT2D eigenvalue weighted by Gasteiger charge is -2.00. The summed E-state index contributed by atoms with van der Waals surface area (Å²) in [5, 5.41) is 4.16. The van der Waals surface area contributed by atoms with Gasteiger partial charge in [0.1, 0.15) is 0 Å². The molecule has 0 unspecified atom stereocenters. The molecule has 2 aromatic heterocycles. The van der Waals surface area contributed by atoms with E-state index >= 15 is 0 Å². The second-order valence-corrected chi connectivity index (χ2v) is 8.57. The quantitative estimate of drug-likeness (QED) is 0.434. The molecule has 0 N–H and O–H groups in total. The van der Waals surface area contributed by atoms with E-state index in [0.29, 0.717) is 0 Å². The molecule has 2 heterocycles. The first-order valence-electron chi connectivity index (χ1n) is 3.46. The van der Waals surface area contributed by atoms with Crippen LogP contribution in [0, 0.1) is 0 Å². The summed E-state index contributed by atoms with van der Waals surface area (Å²) in [6.07, 6.45) is 0. The molecule has 0 aliphatic carbocycles. The van der Waals surface area contributed by atoms with E-state index in [0.717, 1.165) is 16.5 Å². The van der Waals surface area contributed by atoms with Crippen LogP contribution in [0.5, 0.6) is 0 Å². The lowest BCUT2D eigenvalue weighted by molar-refractivity contribution is 1.70. The molecule has 0 radical (unpaired) electrons. The van der Waals surface area contributed by atoms with E-state index in [4.69, 9.17) is 0 Å². The summed E-state index contributed by atoms with van der Waals surface area (Å²) < 4.78 is 4.52. The van der Waals surface area contributed by atoms with Gasteiger partial charge < -0.3 is 0 Å². The van der Waals surface area contributed by atoms with Gasteiger partial charge in [0.2, 0.25) is 0 Å². The fraction of sp³-hybridized carbons (Fsp3) is 0. The van der Waals surface area contributed by atoms with Crippen LogP contribution < -0.4 is 0 Å². The Kier molecular flexibility index (Phi) is 3.94. The Morgan fingerprint density at radius 1 is 0.714 bits per heavy atom. The van der Waals surface area contributed by atoms with Crippen LogP contribution in [0.3, 0.4) is 0 Å². The average molecular weight is 482 g/mol. The van der Waals surface area contributed by atoms with Crippen molar-refractivity contribution in [1.29, 1.82) is 0 Å². The van der Waals surface area contributed by atoms with Gasteiger partial charge in [-0.15, -0.1) is 22.7 Å². The third-order valence-electron chi connectivity index (χ3n) is 1.65. The van der Waals surface area contributed by atoms with Gasteiger partial charge in [0.25, 0.3) is 0 Å². The second kappa shape index (κ2) is 4.67. The van der Waals surface area contributed by atoms with Crippen molar-refractivity contribution >= 4 is 86.4 Å². The minimum absolute atomic E-state index is 1.12. The number of thiophene rings is 2. The summed E-state index contributed by atoms with van der Waals surface area (Å²) in [6, 6.07) is 0. The van der Waals surface area contributed by atoms with E-state index in [-0.39, 0.29) is 0 Å². The zero-order valence-electron chi connectivity index (χ0n) is 6.48.